The Balaban J connectivity index is 1.38. The van der Waals surface area contributed by atoms with Gasteiger partial charge in [0.25, 0.3) is 5.91 Å². The molecule has 1 aromatic heterocycles. The predicted octanol–water partition coefficient (Wildman–Crippen LogP) is 2.70. The van der Waals surface area contributed by atoms with Crippen LogP contribution in [0.5, 0.6) is 0 Å². The Morgan fingerprint density at radius 3 is 2.38 bits per heavy atom. The summed E-state index contributed by atoms with van der Waals surface area (Å²) in [7, 11) is 0. The molecule has 162 valence electrons. The lowest BCUT2D eigenvalue weighted by atomic mass is 9.73. The number of nitrogens with zero attached hydrogens (tertiary/aromatic N) is 3. The van der Waals surface area contributed by atoms with E-state index in [1.165, 1.54) is 18.3 Å². The molecule has 2 aliphatic rings. The van der Waals surface area contributed by atoms with Crippen LogP contribution in [0.2, 0.25) is 0 Å². The topological polar surface area (TPSA) is 73.7 Å². The highest BCUT2D eigenvalue weighted by atomic mass is 19.1. The normalized spacial score (nSPS) is 22.3. The van der Waals surface area contributed by atoms with Crippen LogP contribution in [0.25, 0.3) is 11.1 Å². The lowest BCUT2D eigenvalue weighted by Crippen LogP contribution is -2.73. The van der Waals surface area contributed by atoms with E-state index < -0.39 is 0 Å². The number of aromatic nitrogens is 1. The van der Waals surface area contributed by atoms with Crippen molar-refractivity contribution in [2.24, 2.45) is 0 Å². The van der Waals surface area contributed by atoms with E-state index in [2.05, 4.69) is 4.98 Å². The number of hydrogen-bond acceptors (Lipinski definition) is 4. The number of aliphatic hydroxyl groups is 1. The average molecular weight is 431 g/mol. The number of hydrogen-bond donors (Lipinski definition) is 1. The first-order valence-electron chi connectivity index (χ1n) is 10.5. The number of fused-ring (bicyclic) bond motifs is 1. The molecule has 0 radical (unpaired) electrons. The molecule has 0 unspecified atom stereocenters. The van der Waals surface area contributed by atoms with Crippen LogP contribution < -0.4 is 0 Å². The fraction of sp³-hybridized carbons (Fsp3) is 0.240. The molecule has 3 aromatic rings. The first kappa shape index (κ1) is 20.3. The number of carbonyl (C=O) groups excluding carboxylic acids is 2. The van der Waals surface area contributed by atoms with Crippen LogP contribution in [-0.2, 0) is 4.79 Å². The van der Waals surface area contributed by atoms with Gasteiger partial charge in [0.05, 0.1) is 24.3 Å². The SMILES string of the molecule is O=C(c1cccnc1)N1CC(=O)N2[C@H](C1)[C@@H](c1ccc(-c3ccc(F)cc3)cc1)[C@@H]2CO. The number of piperazine rings is 1. The van der Waals surface area contributed by atoms with Crippen molar-refractivity contribution in [2.75, 3.05) is 19.7 Å². The highest BCUT2D eigenvalue weighted by Gasteiger charge is 2.54. The maximum atomic E-state index is 13.2. The molecule has 2 aliphatic heterocycles. The third-order valence-corrected chi connectivity index (χ3v) is 6.42. The quantitative estimate of drug-likeness (QED) is 0.690. The van der Waals surface area contributed by atoms with E-state index in [1.54, 1.807) is 40.3 Å². The Kier molecular flexibility index (Phi) is 5.19. The van der Waals surface area contributed by atoms with Crippen molar-refractivity contribution in [3.63, 3.8) is 0 Å². The zero-order valence-corrected chi connectivity index (χ0v) is 17.3. The van der Waals surface area contributed by atoms with Gasteiger partial charge in [-0.05, 0) is 41.0 Å². The van der Waals surface area contributed by atoms with Crippen LogP contribution in [0, 0.1) is 5.82 Å². The van der Waals surface area contributed by atoms with E-state index >= 15 is 0 Å². The summed E-state index contributed by atoms with van der Waals surface area (Å²) in [5.74, 6) is -0.727. The third-order valence-electron chi connectivity index (χ3n) is 6.42. The molecule has 0 spiro atoms. The van der Waals surface area contributed by atoms with E-state index in [0.29, 0.717) is 12.1 Å². The van der Waals surface area contributed by atoms with E-state index in [0.717, 1.165) is 16.7 Å². The molecule has 5 rings (SSSR count). The van der Waals surface area contributed by atoms with Crippen molar-refractivity contribution in [3.05, 3.63) is 90.0 Å². The summed E-state index contributed by atoms with van der Waals surface area (Å²) in [6, 6.07) is 17.1. The molecule has 2 amide bonds. The number of amides is 2. The molecule has 7 heteroatoms. The van der Waals surface area contributed by atoms with Crippen molar-refractivity contribution in [2.45, 2.75) is 18.0 Å². The molecule has 32 heavy (non-hydrogen) atoms. The lowest BCUT2D eigenvalue weighted by molar-refractivity contribution is -0.159. The van der Waals surface area contributed by atoms with E-state index in [-0.39, 0.29) is 48.8 Å². The Morgan fingerprint density at radius 2 is 1.75 bits per heavy atom. The molecule has 3 heterocycles. The van der Waals surface area contributed by atoms with Crippen molar-refractivity contribution < 1.29 is 19.1 Å². The minimum absolute atomic E-state index is 0.00302. The Hall–Kier alpha value is -3.58. The van der Waals surface area contributed by atoms with E-state index in [9.17, 15) is 19.1 Å². The molecule has 3 atom stereocenters. The van der Waals surface area contributed by atoms with Crippen LogP contribution in [-0.4, -0.2) is 63.5 Å². The summed E-state index contributed by atoms with van der Waals surface area (Å²) < 4.78 is 13.2. The summed E-state index contributed by atoms with van der Waals surface area (Å²) in [6.45, 7) is 0.264. The molecule has 2 saturated heterocycles. The van der Waals surface area contributed by atoms with Crippen LogP contribution in [0.1, 0.15) is 21.8 Å². The predicted molar refractivity (Wildman–Crippen MR) is 116 cm³/mol. The maximum absolute atomic E-state index is 13.2. The molecule has 1 N–H and O–H groups in total. The summed E-state index contributed by atoms with van der Waals surface area (Å²) in [4.78, 5) is 32.9. The van der Waals surface area contributed by atoms with Gasteiger partial charge in [0.15, 0.2) is 0 Å². The molecular weight excluding hydrogens is 409 g/mol. The van der Waals surface area contributed by atoms with Crippen LogP contribution >= 0.6 is 0 Å². The van der Waals surface area contributed by atoms with Crippen LogP contribution in [0.3, 0.4) is 0 Å². The van der Waals surface area contributed by atoms with Gasteiger partial charge in [0.1, 0.15) is 12.4 Å². The standard InChI is InChI=1S/C25H22FN3O3/c26-20-9-7-17(8-10-20)16-3-5-18(6-4-16)24-21-13-28(14-23(31)29(21)22(24)15-30)25(32)19-2-1-11-27-12-19/h1-12,21-22,24,30H,13-15H2/t21-,22+,24-/m1/s1. The molecule has 0 saturated carbocycles. The second-order valence-electron chi connectivity index (χ2n) is 8.20. The number of benzene rings is 2. The fourth-order valence-electron chi connectivity index (χ4n) is 4.87. The van der Waals surface area contributed by atoms with Crippen molar-refractivity contribution in [1.82, 2.24) is 14.8 Å². The van der Waals surface area contributed by atoms with E-state index in [4.69, 9.17) is 0 Å². The van der Waals surface area contributed by atoms with Crippen LogP contribution in [0.15, 0.2) is 73.1 Å². The highest BCUT2D eigenvalue weighted by molar-refractivity contribution is 5.97. The Morgan fingerprint density at radius 1 is 1.06 bits per heavy atom. The maximum Gasteiger partial charge on any atom is 0.255 e. The number of aliphatic hydroxyl groups excluding tert-OH is 1. The van der Waals surface area contributed by atoms with Gasteiger partial charge in [0.2, 0.25) is 5.91 Å². The first-order valence-corrected chi connectivity index (χ1v) is 10.5. The van der Waals surface area contributed by atoms with Crippen molar-refractivity contribution >= 4 is 11.8 Å². The number of pyridine rings is 1. The molecule has 0 bridgehead atoms. The zero-order valence-electron chi connectivity index (χ0n) is 17.3. The molecule has 2 fully saturated rings. The smallest absolute Gasteiger partial charge is 0.255 e. The molecular formula is C25H22FN3O3. The largest absolute Gasteiger partial charge is 0.394 e. The molecule has 2 aromatic carbocycles. The Bertz CT molecular complexity index is 1140. The molecule has 0 aliphatic carbocycles. The van der Waals surface area contributed by atoms with Crippen molar-refractivity contribution in [3.8, 4) is 11.1 Å². The minimum Gasteiger partial charge on any atom is -0.394 e. The first-order chi connectivity index (χ1) is 15.6. The summed E-state index contributed by atoms with van der Waals surface area (Å²) in [5, 5.41) is 9.97. The van der Waals surface area contributed by atoms with Crippen molar-refractivity contribution in [1.29, 1.82) is 0 Å². The van der Waals surface area contributed by atoms with Gasteiger partial charge in [-0.1, -0.05) is 36.4 Å². The van der Waals surface area contributed by atoms with Crippen LogP contribution in [0.4, 0.5) is 4.39 Å². The summed E-state index contributed by atoms with van der Waals surface area (Å²) in [6.07, 6.45) is 3.10. The lowest BCUT2D eigenvalue weighted by Gasteiger charge is -2.58. The summed E-state index contributed by atoms with van der Waals surface area (Å²) in [5.41, 5.74) is 3.32. The van der Waals surface area contributed by atoms with Gasteiger partial charge in [0, 0.05) is 24.9 Å². The van der Waals surface area contributed by atoms with Gasteiger partial charge < -0.3 is 14.9 Å². The van der Waals surface area contributed by atoms with Gasteiger partial charge in [-0.15, -0.1) is 0 Å². The average Bonchev–Trinajstić information content (AvgIpc) is 2.81. The number of carbonyl (C=O) groups is 2. The second-order valence-corrected chi connectivity index (χ2v) is 8.20. The van der Waals surface area contributed by atoms with Gasteiger partial charge in [-0.2, -0.15) is 0 Å². The monoisotopic (exact) mass is 431 g/mol. The van der Waals surface area contributed by atoms with Gasteiger partial charge in [-0.3, -0.25) is 14.6 Å². The minimum atomic E-state index is -0.306. The molecule has 6 nitrogen and oxygen atoms in total. The fourth-order valence-corrected chi connectivity index (χ4v) is 4.87. The van der Waals surface area contributed by atoms with Gasteiger partial charge >= 0.3 is 0 Å². The summed E-state index contributed by atoms with van der Waals surface area (Å²) >= 11 is 0. The third kappa shape index (κ3) is 3.44. The number of rotatable bonds is 4. The van der Waals surface area contributed by atoms with E-state index in [1.807, 2.05) is 24.3 Å². The highest BCUT2D eigenvalue weighted by Crippen LogP contribution is 2.43. The Labute approximate surface area is 184 Å². The number of halogens is 1. The second kappa shape index (κ2) is 8.16. The zero-order chi connectivity index (χ0) is 22.2. The van der Waals surface area contributed by atoms with Gasteiger partial charge in [-0.25, -0.2) is 4.39 Å².